The first-order chi connectivity index (χ1) is 9.26. The number of halogens is 1. The molecule has 3 rings (SSSR count). The molecular formula is C15H22BrN3. The van der Waals surface area contributed by atoms with Gasteiger partial charge in [-0.1, -0.05) is 6.92 Å². The van der Waals surface area contributed by atoms with E-state index in [2.05, 4.69) is 44.1 Å². The van der Waals surface area contributed by atoms with Crippen LogP contribution in [0.3, 0.4) is 0 Å². The van der Waals surface area contributed by atoms with Gasteiger partial charge in [0.2, 0.25) is 0 Å². The zero-order valence-electron chi connectivity index (χ0n) is 11.5. The van der Waals surface area contributed by atoms with Gasteiger partial charge in [-0.2, -0.15) is 0 Å². The standard InChI is InChI=1S/C15H22BrN3/c1-2-14-10-19(15(8-18-14)12-3-4-12)9-11-5-13(16)7-17-6-11/h5-7,12,14-15,18H,2-4,8-10H2,1H3. The van der Waals surface area contributed by atoms with Gasteiger partial charge in [0.1, 0.15) is 0 Å². The fraction of sp³-hybridized carbons (Fsp3) is 0.667. The van der Waals surface area contributed by atoms with Crippen LogP contribution < -0.4 is 5.32 Å². The molecule has 1 aliphatic heterocycles. The lowest BCUT2D eigenvalue weighted by molar-refractivity contribution is 0.106. The third-order valence-electron chi connectivity index (χ3n) is 4.35. The number of hydrogen-bond acceptors (Lipinski definition) is 3. The average molecular weight is 324 g/mol. The van der Waals surface area contributed by atoms with Gasteiger partial charge in [-0.3, -0.25) is 9.88 Å². The molecule has 2 heterocycles. The third-order valence-corrected chi connectivity index (χ3v) is 4.78. The molecule has 19 heavy (non-hydrogen) atoms. The van der Waals surface area contributed by atoms with Crippen molar-refractivity contribution in [3.05, 3.63) is 28.5 Å². The zero-order valence-corrected chi connectivity index (χ0v) is 13.1. The predicted molar refractivity (Wildman–Crippen MR) is 80.9 cm³/mol. The minimum atomic E-state index is 0.648. The molecule has 2 unspecified atom stereocenters. The molecular weight excluding hydrogens is 302 g/mol. The van der Waals surface area contributed by atoms with Gasteiger partial charge < -0.3 is 5.32 Å². The van der Waals surface area contributed by atoms with E-state index in [4.69, 9.17) is 0 Å². The molecule has 1 saturated heterocycles. The molecule has 3 nitrogen and oxygen atoms in total. The number of aromatic nitrogens is 1. The van der Waals surface area contributed by atoms with Gasteiger partial charge in [0, 0.05) is 48.6 Å². The maximum absolute atomic E-state index is 4.29. The van der Waals surface area contributed by atoms with Crippen molar-refractivity contribution in [1.82, 2.24) is 15.2 Å². The molecule has 104 valence electrons. The number of piperazine rings is 1. The van der Waals surface area contributed by atoms with Crippen LogP contribution in [-0.4, -0.2) is 35.1 Å². The quantitative estimate of drug-likeness (QED) is 0.923. The molecule has 2 fully saturated rings. The minimum absolute atomic E-state index is 0.648. The van der Waals surface area contributed by atoms with Gasteiger partial charge in [0.15, 0.2) is 0 Å². The van der Waals surface area contributed by atoms with Crippen LogP contribution in [0.15, 0.2) is 22.9 Å². The van der Waals surface area contributed by atoms with Crippen molar-refractivity contribution in [1.29, 1.82) is 0 Å². The van der Waals surface area contributed by atoms with E-state index >= 15 is 0 Å². The number of pyridine rings is 1. The molecule has 0 spiro atoms. The van der Waals surface area contributed by atoms with E-state index in [0.717, 1.165) is 29.5 Å². The maximum Gasteiger partial charge on any atom is 0.0410 e. The van der Waals surface area contributed by atoms with E-state index in [1.807, 2.05) is 12.4 Å². The van der Waals surface area contributed by atoms with E-state index in [-0.39, 0.29) is 0 Å². The summed E-state index contributed by atoms with van der Waals surface area (Å²) >= 11 is 3.52. The van der Waals surface area contributed by atoms with Gasteiger partial charge >= 0.3 is 0 Å². The average Bonchev–Trinajstić information content (AvgIpc) is 3.23. The Morgan fingerprint density at radius 2 is 2.26 bits per heavy atom. The molecule has 1 aromatic rings. The van der Waals surface area contributed by atoms with Gasteiger partial charge in [0.25, 0.3) is 0 Å². The molecule has 0 radical (unpaired) electrons. The summed E-state index contributed by atoms with van der Waals surface area (Å²) in [6.07, 6.45) is 7.89. The van der Waals surface area contributed by atoms with Crippen molar-refractivity contribution in [3.8, 4) is 0 Å². The van der Waals surface area contributed by atoms with Crippen LogP contribution in [-0.2, 0) is 6.54 Å². The Morgan fingerprint density at radius 3 is 2.95 bits per heavy atom. The SMILES string of the molecule is CCC1CN(Cc2cncc(Br)c2)C(C2CC2)CN1. The Hall–Kier alpha value is -0.450. The second-order valence-corrected chi connectivity index (χ2v) is 6.77. The Bertz CT molecular complexity index is 433. The second kappa shape index (κ2) is 5.90. The summed E-state index contributed by atoms with van der Waals surface area (Å²) in [5, 5.41) is 3.70. The van der Waals surface area contributed by atoms with Crippen molar-refractivity contribution in [3.63, 3.8) is 0 Å². The molecule has 1 aromatic heterocycles. The summed E-state index contributed by atoms with van der Waals surface area (Å²) in [6.45, 7) is 5.63. The first-order valence-corrected chi connectivity index (χ1v) is 8.12. The number of rotatable bonds is 4. The maximum atomic E-state index is 4.29. The zero-order chi connectivity index (χ0) is 13.2. The second-order valence-electron chi connectivity index (χ2n) is 5.86. The Morgan fingerprint density at radius 1 is 1.42 bits per heavy atom. The number of nitrogens with one attached hydrogen (secondary N) is 1. The third kappa shape index (κ3) is 3.36. The Balaban J connectivity index is 1.71. The van der Waals surface area contributed by atoms with Gasteiger partial charge in [-0.25, -0.2) is 0 Å². The van der Waals surface area contributed by atoms with Crippen molar-refractivity contribution in [2.75, 3.05) is 13.1 Å². The largest absolute Gasteiger partial charge is 0.311 e. The van der Waals surface area contributed by atoms with E-state index in [1.54, 1.807) is 0 Å². The Kier molecular flexibility index (Phi) is 4.20. The van der Waals surface area contributed by atoms with Crippen molar-refractivity contribution >= 4 is 15.9 Å². The first-order valence-electron chi connectivity index (χ1n) is 7.33. The highest BCUT2D eigenvalue weighted by Gasteiger charge is 2.38. The van der Waals surface area contributed by atoms with Crippen molar-refractivity contribution < 1.29 is 0 Å². The lowest BCUT2D eigenvalue weighted by atomic mass is 10.0. The summed E-state index contributed by atoms with van der Waals surface area (Å²) in [5.74, 6) is 0.922. The highest BCUT2D eigenvalue weighted by atomic mass is 79.9. The van der Waals surface area contributed by atoms with Crippen LogP contribution in [0.2, 0.25) is 0 Å². The number of nitrogens with zero attached hydrogens (tertiary/aromatic N) is 2. The molecule has 2 atom stereocenters. The van der Waals surface area contributed by atoms with Crippen LogP contribution >= 0.6 is 15.9 Å². The fourth-order valence-electron chi connectivity index (χ4n) is 3.08. The van der Waals surface area contributed by atoms with Crippen molar-refractivity contribution in [2.24, 2.45) is 5.92 Å². The van der Waals surface area contributed by atoms with Crippen molar-refractivity contribution in [2.45, 2.75) is 44.8 Å². The van der Waals surface area contributed by atoms with Crippen LogP contribution in [0, 0.1) is 5.92 Å². The van der Waals surface area contributed by atoms with E-state index in [0.29, 0.717) is 6.04 Å². The normalized spacial score (nSPS) is 28.5. The predicted octanol–water partition coefficient (Wildman–Crippen LogP) is 2.81. The van der Waals surface area contributed by atoms with E-state index in [1.165, 1.54) is 31.4 Å². The molecule has 1 N–H and O–H groups in total. The van der Waals surface area contributed by atoms with Crippen LogP contribution in [0.4, 0.5) is 0 Å². The molecule has 0 bridgehead atoms. The molecule has 1 saturated carbocycles. The Labute approximate surface area is 123 Å². The monoisotopic (exact) mass is 323 g/mol. The molecule has 0 amide bonds. The lowest BCUT2D eigenvalue weighted by Gasteiger charge is -2.40. The van der Waals surface area contributed by atoms with E-state index in [9.17, 15) is 0 Å². The first kappa shape index (κ1) is 13.5. The highest BCUT2D eigenvalue weighted by Crippen LogP contribution is 2.37. The van der Waals surface area contributed by atoms with Crippen LogP contribution in [0.1, 0.15) is 31.7 Å². The molecule has 0 aromatic carbocycles. The summed E-state index contributed by atoms with van der Waals surface area (Å²) < 4.78 is 1.08. The smallest absolute Gasteiger partial charge is 0.0410 e. The van der Waals surface area contributed by atoms with Crippen LogP contribution in [0.5, 0.6) is 0 Å². The molecule has 2 aliphatic rings. The fourth-order valence-corrected chi connectivity index (χ4v) is 3.49. The minimum Gasteiger partial charge on any atom is -0.311 e. The number of hydrogen-bond donors (Lipinski definition) is 1. The summed E-state index contributed by atoms with van der Waals surface area (Å²) in [4.78, 5) is 6.96. The summed E-state index contributed by atoms with van der Waals surface area (Å²) in [6, 6.07) is 3.57. The topological polar surface area (TPSA) is 28.2 Å². The molecule has 4 heteroatoms. The van der Waals surface area contributed by atoms with Gasteiger partial charge in [0.05, 0.1) is 0 Å². The molecule has 1 aliphatic carbocycles. The lowest BCUT2D eigenvalue weighted by Crippen LogP contribution is -2.56. The van der Waals surface area contributed by atoms with Gasteiger partial charge in [-0.15, -0.1) is 0 Å². The van der Waals surface area contributed by atoms with Gasteiger partial charge in [-0.05, 0) is 52.7 Å². The summed E-state index contributed by atoms with van der Waals surface area (Å²) in [7, 11) is 0. The van der Waals surface area contributed by atoms with Crippen LogP contribution in [0.25, 0.3) is 0 Å². The highest BCUT2D eigenvalue weighted by molar-refractivity contribution is 9.10. The van der Waals surface area contributed by atoms with E-state index < -0.39 is 0 Å². The summed E-state index contributed by atoms with van der Waals surface area (Å²) in [5.41, 5.74) is 1.32.